The lowest BCUT2D eigenvalue weighted by Gasteiger charge is -2.08. The first kappa shape index (κ1) is 44.6. The summed E-state index contributed by atoms with van der Waals surface area (Å²) in [6.45, 7) is 8.65. The highest BCUT2D eigenvalue weighted by molar-refractivity contribution is 7.98. The molecule has 0 spiro atoms. The molecule has 0 amide bonds. The summed E-state index contributed by atoms with van der Waals surface area (Å²) < 4.78 is 0. The molecule has 4 nitrogen and oxygen atoms in total. The maximum Gasteiger partial charge on any atom is 0.0205 e. The van der Waals surface area contributed by atoms with Crippen LogP contribution in [0.15, 0.2) is 58.3 Å². The number of nitrogens with one attached hydrogen (secondary N) is 4. The van der Waals surface area contributed by atoms with Gasteiger partial charge < -0.3 is 21.3 Å². The smallest absolute Gasteiger partial charge is 0.0205 e. The molecule has 0 bridgehead atoms. The van der Waals surface area contributed by atoms with Crippen molar-refractivity contribution in [3.8, 4) is 0 Å². The Morgan fingerprint density at radius 1 is 0.400 bits per heavy atom. The fourth-order valence-corrected chi connectivity index (χ4v) is 4.90. The number of hydrogen-bond acceptors (Lipinski definition) is 6. The van der Waals surface area contributed by atoms with E-state index in [0.717, 1.165) is 52.4 Å². The van der Waals surface area contributed by atoms with Gasteiger partial charge in [0.05, 0.1) is 0 Å². The maximum absolute atomic E-state index is 3.59. The van der Waals surface area contributed by atoms with Crippen LogP contribution in [0.25, 0.3) is 0 Å². The molecule has 0 aliphatic rings. The summed E-state index contributed by atoms with van der Waals surface area (Å²) in [5, 5.41) is 14.3. The van der Waals surface area contributed by atoms with Crippen LogP contribution in [0, 0.1) is 0 Å². The first-order valence-corrected chi connectivity index (χ1v) is 16.4. The van der Waals surface area contributed by atoms with Crippen molar-refractivity contribution < 1.29 is 0 Å². The van der Waals surface area contributed by atoms with Gasteiger partial charge in [-0.25, -0.2) is 0 Å². The number of hydrogen-bond donors (Lipinski definition) is 4. The summed E-state index contributed by atoms with van der Waals surface area (Å²) in [5.41, 5.74) is 2.74. The molecule has 0 aromatic heterocycles. The summed E-state index contributed by atoms with van der Waals surface area (Å²) in [6.07, 6.45) is 14.7. The van der Waals surface area contributed by atoms with Gasteiger partial charge in [-0.15, -0.1) is 73.2 Å². The third-order valence-electron chi connectivity index (χ3n) is 6.35. The van der Waals surface area contributed by atoms with Gasteiger partial charge in [0.15, 0.2) is 0 Å². The Morgan fingerprint density at radius 2 is 0.700 bits per heavy atom. The minimum atomic E-state index is 0. The van der Waals surface area contributed by atoms with E-state index in [2.05, 4.69) is 82.3 Å². The third-order valence-corrected chi connectivity index (χ3v) is 7.83. The van der Waals surface area contributed by atoms with Gasteiger partial charge in [0.1, 0.15) is 0 Å². The predicted octanol–water partition coefficient (Wildman–Crippen LogP) is 8.00. The molecule has 4 N–H and O–H groups in total. The lowest BCUT2D eigenvalue weighted by atomic mass is 10.1. The van der Waals surface area contributed by atoms with E-state index in [4.69, 9.17) is 0 Å². The van der Waals surface area contributed by atoms with Crippen molar-refractivity contribution >= 4 is 73.2 Å². The highest BCUT2D eigenvalue weighted by Crippen LogP contribution is 2.15. The number of unbranched alkanes of at least 4 members (excludes halogenated alkanes) is 5. The van der Waals surface area contributed by atoms with E-state index in [1.807, 2.05) is 0 Å². The predicted molar refractivity (Wildman–Crippen MR) is 192 cm³/mol. The topological polar surface area (TPSA) is 48.1 Å². The molecule has 0 fully saturated rings. The maximum atomic E-state index is 3.59. The normalized spacial score (nSPS) is 10.2. The molecule has 0 radical (unpaired) electrons. The molecule has 0 aliphatic carbocycles. The minimum Gasteiger partial charge on any atom is -0.317 e. The van der Waals surface area contributed by atoms with Gasteiger partial charge in [-0.2, -0.15) is 0 Å². The number of benzene rings is 2. The lowest BCUT2D eigenvalue weighted by molar-refractivity contribution is 0.534. The third kappa shape index (κ3) is 23.7. The van der Waals surface area contributed by atoms with Crippen LogP contribution in [0.2, 0.25) is 0 Å². The Hall–Kier alpha value is 0.140. The van der Waals surface area contributed by atoms with Crippen LogP contribution in [-0.2, 0) is 13.1 Å². The zero-order valence-corrected chi connectivity index (χ0v) is 29.3. The molecule has 2 rings (SSSR count). The van der Waals surface area contributed by atoms with Gasteiger partial charge in [0.25, 0.3) is 0 Å². The van der Waals surface area contributed by atoms with Crippen molar-refractivity contribution in [2.45, 2.75) is 74.2 Å². The van der Waals surface area contributed by atoms with E-state index in [1.54, 1.807) is 23.5 Å². The Morgan fingerprint density at radius 3 is 1.05 bits per heavy atom. The monoisotopic (exact) mass is 674 g/mol. The number of halogens is 4. The Labute approximate surface area is 278 Å². The second kappa shape index (κ2) is 32.1. The average molecular weight is 677 g/mol. The molecule has 0 saturated heterocycles. The van der Waals surface area contributed by atoms with Crippen LogP contribution >= 0.6 is 73.2 Å². The van der Waals surface area contributed by atoms with Gasteiger partial charge >= 0.3 is 0 Å². The van der Waals surface area contributed by atoms with Crippen LogP contribution in [0.4, 0.5) is 0 Å². The molecular weight excluding hydrogens is 622 g/mol. The second-order valence-electron chi connectivity index (χ2n) is 9.38. The van der Waals surface area contributed by atoms with Gasteiger partial charge in [-0.1, -0.05) is 49.9 Å². The average Bonchev–Trinajstić information content (AvgIpc) is 2.92. The highest BCUT2D eigenvalue weighted by atomic mass is 35.5. The summed E-state index contributed by atoms with van der Waals surface area (Å²) in [4.78, 5) is 2.66. The largest absolute Gasteiger partial charge is 0.317 e. The molecule has 2 aromatic rings. The molecule has 234 valence electrons. The Balaban J connectivity index is -0.00000342. The molecule has 10 heteroatoms. The van der Waals surface area contributed by atoms with E-state index >= 15 is 0 Å². The summed E-state index contributed by atoms with van der Waals surface area (Å²) in [6, 6.07) is 17.7. The van der Waals surface area contributed by atoms with Crippen molar-refractivity contribution in [1.29, 1.82) is 0 Å². The van der Waals surface area contributed by atoms with Gasteiger partial charge in [-0.3, -0.25) is 0 Å². The standard InChI is InChI=1S/C30H50N4S2.4ClH/c1-35-29-15-11-27(12-16-29)25-33-23-9-21-31-19-7-5-3-4-6-8-20-32-22-10-24-34-26-28-13-17-30(36-2)18-14-28;;;;/h11-18,31-34H,3-10,19-26H2,1-2H3;4*1H. The summed E-state index contributed by atoms with van der Waals surface area (Å²) in [5.74, 6) is 0. The van der Waals surface area contributed by atoms with Crippen molar-refractivity contribution in [3.05, 3.63) is 59.7 Å². The molecule has 0 heterocycles. The van der Waals surface area contributed by atoms with Crippen molar-refractivity contribution in [3.63, 3.8) is 0 Å². The van der Waals surface area contributed by atoms with Crippen molar-refractivity contribution in [2.24, 2.45) is 0 Å². The minimum absolute atomic E-state index is 0. The van der Waals surface area contributed by atoms with Crippen LogP contribution in [-0.4, -0.2) is 51.8 Å². The van der Waals surface area contributed by atoms with E-state index in [9.17, 15) is 0 Å². The zero-order chi connectivity index (χ0) is 25.5. The SMILES string of the molecule is CSc1ccc(CNCCCNCCCCCCCCNCCCNCc2ccc(SC)cc2)cc1.Cl.Cl.Cl.Cl. The van der Waals surface area contributed by atoms with Crippen molar-refractivity contribution in [1.82, 2.24) is 21.3 Å². The van der Waals surface area contributed by atoms with E-state index in [0.29, 0.717) is 0 Å². The molecule has 40 heavy (non-hydrogen) atoms. The zero-order valence-electron chi connectivity index (χ0n) is 24.4. The molecule has 0 saturated carbocycles. The molecule has 0 atom stereocenters. The first-order valence-electron chi connectivity index (χ1n) is 13.9. The molecule has 2 aromatic carbocycles. The molecular formula is C30H54Cl4N4S2. The van der Waals surface area contributed by atoms with Gasteiger partial charge in [-0.05, 0) is 113 Å². The summed E-state index contributed by atoms with van der Waals surface area (Å²) in [7, 11) is 0. The van der Waals surface area contributed by atoms with Crippen LogP contribution < -0.4 is 21.3 Å². The van der Waals surface area contributed by atoms with Crippen LogP contribution in [0.5, 0.6) is 0 Å². The van der Waals surface area contributed by atoms with Crippen molar-refractivity contribution in [2.75, 3.05) is 51.8 Å². The van der Waals surface area contributed by atoms with E-state index in [1.165, 1.54) is 72.3 Å². The van der Waals surface area contributed by atoms with E-state index in [-0.39, 0.29) is 49.6 Å². The molecule has 0 unspecified atom stereocenters. The summed E-state index contributed by atoms with van der Waals surface area (Å²) >= 11 is 3.59. The number of thioether (sulfide) groups is 2. The van der Waals surface area contributed by atoms with Gasteiger partial charge in [0.2, 0.25) is 0 Å². The molecule has 0 aliphatic heterocycles. The van der Waals surface area contributed by atoms with E-state index < -0.39 is 0 Å². The van der Waals surface area contributed by atoms with Gasteiger partial charge in [0, 0.05) is 22.9 Å². The Kier molecular flexibility index (Phi) is 35.7. The first-order chi connectivity index (χ1) is 17.8. The Bertz CT molecular complexity index is 706. The number of rotatable bonds is 23. The highest BCUT2D eigenvalue weighted by Gasteiger charge is 1.97. The fourth-order valence-electron chi connectivity index (χ4n) is 4.09. The fraction of sp³-hybridized carbons (Fsp3) is 0.600. The second-order valence-corrected chi connectivity index (χ2v) is 11.1. The van der Waals surface area contributed by atoms with Crippen LogP contribution in [0.1, 0.15) is 62.5 Å². The quantitative estimate of drug-likeness (QED) is 0.0708. The lowest BCUT2D eigenvalue weighted by Crippen LogP contribution is -2.22. The van der Waals surface area contributed by atoms with Crippen LogP contribution in [0.3, 0.4) is 0 Å².